The van der Waals surface area contributed by atoms with Crippen molar-refractivity contribution in [2.75, 3.05) is 13.2 Å². The van der Waals surface area contributed by atoms with Crippen LogP contribution in [0.15, 0.2) is 0 Å². The van der Waals surface area contributed by atoms with E-state index in [0.29, 0.717) is 11.8 Å². The zero-order valence-electron chi connectivity index (χ0n) is 9.62. The van der Waals surface area contributed by atoms with Gasteiger partial charge >= 0.3 is 5.97 Å². The number of aliphatic hydroxyl groups excluding tert-OH is 1. The van der Waals surface area contributed by atoms with Crippen LogP contribution in [0.3, 0.4) is 0 Å². The highest BCUT2D eigenvalue weighted by molar-refractivity contribution is 5.72. The fraction of sp³-hybridized carbons (Fsp3) is 0.909. The summed E-state index contributed by atoms with van der Waals surface area (Å²) in [5, 5.41) is 8.51. The van der Waals surface area contributed by atoms with Gasteiger partial charge in [0.1, 0.15) is 6.61 Å². The van der Waals surface area contributed by atoms with Crippen LogP contribution < -0.4 is 0 Å². The largest absolute Gasteiger partial charge is 0.463 e. The minimum Gasteiger partial charge on any atom is -0.463 e. The second kappa shape index (κ2) is 6.82. The molecule has 3 heteroatoms. The third-order valence-corrected chi connectivity index (χ3v) is 3.04. The molecule has 0 aromatic carbocycles. The number of esters is 1. The van der Waals surface area contributed by atoms with Crippen LogP contribution >= 0.6 is 0 Å². The highest BCUT2D eigenvalue weighted by Crippen LogP contribution is 2.23. The summed E-state index contributed by atoms with van der Waals surface area (Å²) in [6.45, 7) is 8.22. The van der Waals surface area contributed by atoms with Crippen molar-refractivity contribution in [3.8, 4) is 0 Å². The SMILES string of the molecule is CCC(C)C(C)C(C)C(=O)OCCO. The molecule has 0 spiro atoms. The van der Waals surface area contributed by atoms with E-state index < -0.39 is 0 Å². The normalized spacial score (nSPS) is 17.2. The Morgan fingerprint density at radius 2 is 1.93 bits per heavy atom. The van der Waals surface area contributed by atoms with Crippen LogP contribution in [-0.4, -0.2) is 24.3 Å². The molecule has 14 heavy (non-hydrogen) atoms. The smallest absolute Gasteiger partial charge is 0.309 e. The van der Waals surface area contributed by atoms with Gasteiger partial charge in [-0.05, 0) is 11.8 Å². The first kappa shape index (κ1) is 13.4. The fourth-order valence-corrected chi connectivity index (χ4v) is 1.36. The van der Waals surface area contributed by atoms with Gasteiger partial charge in [0.05, 0.1) is 12.5 Å². The Hall–Kier alpha value is -0.570. The number of rotatable bonds is 6. The van der Waals surface area contributed by atoms with Gasteiger partial charge in [-0.1, -0.05) is 34.1 Å². The molecule has 0 saturated carbocycles. The van der Waals surface area contributed by atoms with Gasteiger partial charge < -0.3 is 9.84 Å². The molecule has 1 N–H and O–H groups in total. The van der Waals surface area contributed by atoms with Gasteiger partial charge in [-0.25, -0.2) is 0 Å². The van der Waals surface area contributed by atoms with Crippen molar-refractivity contribution in [2.45, 2.75) is 34.1 Å². The van der Waals surface area contributed by atoms with Crippen LogP contribution in [0.2, 0.25) is 0 Å². The molecule has 0 heterocycles. The Morgan fingerprint density at radius 3 is 2.36 bits per heavy atom. The molecule has 0 aliphatic heterocycles. The Labute approximate surface area is 86.5 Å². The molecule has 0 bridgehead atoms. The molecule has 3 nitrogen and oxygen atoms in total. The standard InChI is InChI=1S/C11H22O3/c1-5-8(2)9(3)10(4)11(13)14-7-6-12/h8-10,12H,5-7H2,1-4H3. The Morgan fingerprint density at radius 1 is 1.36 bits per heavy atom. The van der Waals surface area contributed by atoms with Crippen LogP contribution in [-0.2, 0) is 9.53 Å². The van der Waals surface area contributed by atoms with Gasteiger partial charge in [-0.2, -0.15) is 0 Å². The van der Waals surface area contributed by atoms with E-state index in [1.54, 1.807) is 0 Å². The first-order valence-corrected chi connectivity index (χ1v) is 5.32. The molecule has 3 unspecified atom stereocenters. The average molecular weight is 202 g/mol. The van der Waals surface area contributed by atoms with Gasteiger partial charge in [0.2, 0.25) is 0 Å². The van der Waals surface area contributed by atoms with Gasteiger partial charge in [0.25, 0.3) is 0 Å². The molecule has 0 saturated heterocycles. The highest BCUT2D eigenvalue weighted by atomic mass is 16.5. The summed E-state index contributed by atoms with van der Waals surface area (Å²) < 4.78 is 4.88. The van der Waals surface area contributed by atoms with Crippen molar-refractivity contribution in [1.82, 2.24) is 0 Å². The van der Waals surface area contributed by atoms with Gasteiger partial charge in [0.15, 0.2) is 0 Å². The Bertz CT molecular complexity index is 168. The lowest BCUT2D eigenvalue weighted by molar-refractivity contribution is -0.151. The minimum absolute atomic E-state index is 0.0866. The average Bonchev–Trinajstić information content (AvgIpc) is 2.22. The minimum atomic E-state index is -0.202. The van der Waals surface area contributed by atoms with E-state index in [2.05, 4.69) is 20.8 Å². The molecule has 0 aliphatic carbocycles. The van der Waals surface area contributed by atoms with Gasteiger partial charge in [0, 0.05) is 0 Å². The zero-order valence-corrected chi connectivity index (χ0v) is 9.62. The zero-order chi connectivity index (χ0) is 11.1. The van der Waals surface area contributed by atoms with Gasteiger partial charge in [-0.3, -0.25) is 4.79 Å². The first-order valence-electron chi connectivity index (χ1n) is 5.32. The second-order valence-corrected chi connectivity index (χ2v) is 3.92. The Kier molecular flexibility index (Phi) is 6.54. The van der Waals surface area contributed by atoms with E-state index in [0.717, 1.165) is 6.42 Å². The van der Waals surface area contributed by atoms with E-state index >= 15 is 0 Å². The van der Waals surface area contributed by atoms with Crippen molar-refractivity contribution in [2.24, 2.45) is 17.8 Å². The summed E-state index contributed by atoms with van der Waals surface area (Å²) in [4.78, 5) is 11.4. The molecule has 3 atom stereocenters. The van der Waals surface area contributed by atoms with Crippen molar-refractivity contribution >= 4 is 5.97 Å². The third kappa shape index (κ3) is 4.09. The summed E-state index contributed by atoms with van der Waals surface area (Å²) in [6.07, 6.45) is 1.07. The maximum atomic E-state index is 11.4. The van der Waals surface area contributed by atoms with Crippen LogP contribution in [0.25, 0.3) is 0 Å². The van der Waals surface area contributed by atoms with E-state index in [4.69, 9.17) is 9.84 Å². The van der Waals surface area contributed by atoms with Crippen LogP contribution in [0.1, 0.15) is 34.1 Å². The molecule has 0 radical (unpaired) electrons. The molecule has 0 fully saturated rings. The number of hydrogen-bond acceptors (Lipinski definition) is 3. The molecule has 0 aliphatic rings. The molecule has 0 aromatic rings. The topological polar surface area (TPSA) is 46.5 Å². The summed E-state index contributed by atoms with van der Waals surface area (Å²) in [6, 6.07) is 0. The van der Waals surface area contributed by atoms with Crippen LogP contribution in [0, 0.1) is 17.8 Å². The lowest BCUT2D eigenvalue weighted by Gasteiger charge is -2.23. The monoisotopic (exact) mass is 202 g/mol. The van der Waals surface area contributed by atoms with Crippen molar-refractivity contribution in [1.29, 1.82) is 0 Å². The maximum absolute atomic E-state index is 11.4. The number of carbonyl (C=O) groups excluding carboxylic acids is 1. The fourth-order valence-electron chi connectivity index (χ4n) is 1.36. The highest BCUT2D eigenvalue weighted by Gasteiger charge is 2.24. The quantitative estimate of drug-likeness (QED) is 0.668. The number of hydrogen-bond donors (Lipinski definition) is 1. The van der Waals surface area contributed by atoms with E-state index in [1.807, 2.05) is 6.92 Å². The molecular weight excluding hydrogens is 180 g/mol. The second-order valence-electron chi connectivity index (χ2n) is 3.92. The van der Waals surface area contributed by atoms with Crippen molar-refractivity contribution < 1.29 is 14.6 Å². The molecule has 0 aromatic heterocycles. The van der Waals surface area contributed by atoms with Crippen molar-refractivity contribution in [3.63, 3.8) is 0 Å². The lowest BCUT2D eigenvalue weighted by atomic mass is 9.84. The van der Waals surface area contributed by atoms with Crippen molar-refractivity contribution in [3.05, 3.63) is 0 Å². The van der Waals surface area contributed by atoms with E-state index in [9.17, 15) is 4.79 Å². The molecule has 0 amide bonds. The van der Waals surface area contributed by atoms with Crippen LogP contribution in [0.4, 0.5) is 0 Å². The Balaban J connectivity index is 4.03. The van der Waals surface area contributed by atoms with Crippen LogP contribution in [0.5, 0.6) is 0 Å². The molecule has 84 valence electrons. The third-order valence-electron chi connectivity index (χ3n) is 3.04. The maximum Gasteiger partial charge on any atom is 0.309 e. The predicted molar refractivity (Wildman–Crippen MR) is 55.8 cm³/mol. The van der Waals surface area contributed by atoms with E-state index in [-0.39, 0.29) is 25.1 Å². The summed E-state index contributed by atoms with van der Waals surface area (Å²) >= 11 is 0. The summed E-state index contributed by atoms with van der Waals surface area (Å²) in [5.41, 5.74) is 0. The number of aliphatic hydroxyl groups is 1. The lowest BCUT2D eigenvalue weighted by Crippen LogP contribution is -2.26. The first-order chi connectivity index (χ1) is 6.54. The van der Waals surface area contributed by atoms with E-state index in [1.165, 1.54) is 0 Å². The number of ether oxygens (including phenoxy) is 1. The van der Waals surface area contributed by atoms with Gasteiger partial charge in [-0.15, -0.1) is 0 Å². The summed E-state index contributed by atoms with van der Waals surface area (Å²) in [5.74, 6) is 0.557. The molecule has 0 rings (SSSR count). The number of carbonyl (C=O) groups is 1. The predicted octanol–water partition coefficient (Wildman–Crippen LogP) is 1.84. The summed E-state index contributed by atoms with van der Waals surface area (Å²) in [7, 11) is 0. The molecular formula is C11H22O3.